The van der Waals surface area contributed by atoms with E-state index in [0.29, 0.717) is 6.54 Å². The van der Waals surface area contributed by atoms with Crippen molar-refractivity contribution >= 4 is 28.6 Å². The molecule has 0 aliphatic rings. The molecule has 3 heteroatoms. The van der Waals surface area contributed by atoms with E-state index in [9.17, 15) is 0 Å². The van der Waals surface area contributed by atoms with Crippen molar-refractivity contribution < 1.29 is 0 Å². The average molecular weight is 219 g/mol. The summed E-state index contributed by atoms with van der Waals surface area (Å²) in [7, 11) is 0. The smallest absolute Gasteiger partial charge is 0.0789 e. The summed E-state index contributed by atoms with van der Waals surface area (Å²) in [6.07, 6.45) is 5.63. The van der Waals surface area contributed by atoms with Gasteiger partial charge in [-0.3, -0.25) is 4.98 Å². The summed E-state index contributed by atoms with van der Waals surface area (Å²) in [5.41, 5.74) is 7.37. The van der Waals surface area contributed by atoms with Gasteiger partial charge in [-0.1, -0.05) is 29.8 Å². The zero-order valence-electron chi connectivity index (χ0n) is 8.15. The van der Waals surface area contributed by atoms with Crippen LogP contribution in [0.15, 0.2) is 36.5 Å². The van der Waals surface area contributed by atoms with Crippen LogP contribution in [0.3, 0.4) is 0 Å². The summed E-state index contributed by atoms with van der Waals surface area (Å²) in [6.45, 7) is 0.525. The fourth-order valence-corrected chi connectivity index (χ4v) is 1.70. The van der Waals surface area contributed by atoms with E-state index in [2.05, 4.69) is 4.98 Å². The molecule has 2 rings (SSSR count). The highest BCUT2D eigenvalue weighted by Gasteiger charge is 2.02. The average Bonchev–Trinajstić information content (AvgIpc) is 2.29. The molecule has 76 valence electrons. The molecule has 0 saturated carbocycles. The van der Waals surface area contributed by atoms with Gasteiger partial charge in [0.15, 0.2) is 0 Å². The Morgan fingerprint density at radius 1 is 1.33 bits per heavy atom. The third kappa shape index (κ3) is 2.01. The molecule has 0 radical (unpaired) electrons. The van der Waals surface area contributed by atoms with Gasteiger partial charge in [0.05, 0.1) is 10.5 Å². The lowest BCUT2D eigenvalue weighted by molar-refractivity contribution is 1.26. The van der Waals surface area contributed by atoms with Gasteiger partial charge in [-0.15, -0.1) is 0 Å². The van der Waals surface area contributed by atoms with Gasteiger partial charge in [0.1, 0.15) is 0 Å². The van der Waals surface area contributed by atoms with E-state index < -0.39 is 0 Å². The van der Waals surface area contributed by atoms with Crippen molar-refractivity contribution in [3.8, 4) is 0 Å². The van der Waals surface area contributed by atoms with Gasteiger partial charge in [-0.05, 0) is 18.2 Å². The molecule has 2 N–H and O–H groups in total. The number of hydrogen-bond donors (Lipinski definition) is 1. The zero-order chi connectivity index (χ0) is 10.7. The molecule has 0 bridgehead atoms. The number of rotatable bonds is 2. The first-order chi connectivity index (χ1) is 7.33. The Kier molecular flexibility index (Phi) is 2.99. The zero-order valence-corrected chi connectivity index (χ0v) is 8.91. The molecule has 0 saturated heterocycles. The maximum absolute atomic E-state index is 6.07. The number of pyridine rings is 1. The van der Waals surface area contributed by atoms with Gasteiger partial charge in [-0.25, -0.2) is 0 Å². The lowest BCUT2D eigenvalue weighted by atomic mass is 10.1. The monoisotopic (exact) mass is 218 g/mol. The molecule has 1 aromatic heterocycles. The minimum Gasteiger partial charge on any atom is -0.327 e. The van der Waals surface area contributed by atoms with Gasteiger partial charge in [-0.2, -0.15) is 0 Å². The van der Waals surface area contributed by atoms with Crippen LogP contribution in [0.2, 0.25) is 5.02 Å². The summed E-state index contributed by atoms with van der Waals surface area (Å²) >= 11 is 6.07. The highest BCUT2D eigenvalue weighted by molar-refractivity contribution is 6.35. The third-order valence-electron chi connectivity index (χ3n) is 2.18. The number of halogens is 1. The predicted octanol–water partition coefficient (Wildman–Crippen LogP) is 2.86. The van der Waals surface area contributed by atoms with Gasteiger partial charge in [0.2, 0.25) is 0 Å². The molecule has 0 unspecified atom stereocenters. The molecule has 2 nitrogen and oxygen atoms in total. The Hall–Kier alpha value is -1.38. The molecule has 0 aliphatic carbocycles. The summed E-state index contributed by atoms with van der Waals surface area (Å²) in [5.74, 6) is 0. The molecule has 15 heavy (non-hydrogen) atoms. The van der Waals surface area contributed by atoms with Crippen LogP contribution in [-0.2, 0) is 0 Å². The number of aromatic nitrogens is 1. The van der Waals surface area contributed by atoms with Crippen molar-refractivity contribution in [1.82, 2.24) is 4.98 Å². The number of hydrogen-bond acceptors (Lipinski definition) is 2. The molecule has 2 aromatic rings. The van der Waals surface area contributed by atoms with E-state index in [0.717, 1.165) is 21.5 Å². The Balaban J connectivity index is 2.66. The minimum atomic E-state index is 0.525. The van der Waals surface area contributed by atoms with Crippen LogP contribution < -0.4 is 5.73 Å². The van der Waals surface area contributed by atoms with Crippen LogP contribution in [0.4, 0.5) is 0 Å². The van der Waals surface area contributed by atoms with Crippen molar-refractivity contribution in [2.45, 2.75) is 0 Å². The lowest BCUT2D eigenvalue weighted by Crippen LogP contribution is -1.92. The predicted molar refractivity (Wildman–Crippen MR) is 64.8 cm³/mol. The van der Waals surface area contributed by atoms with Crippen molar-refractivity contribution in [3.63, 3.8) is 0 Å². The second-order valence-corrected chi connectivity index (χ2v) is 3.58. The van der Waals surface area contributed by atoms with Gasteiger partial charge < -0.3 is 5.73 Å². The van der Waals surface area contributed by atoms with Gasteiger partial charge >= 0.3 is 0 Å². The van der Waals surface area contributed by atoms with Crippen LogP contribution >= 0.6 is 11.6 Å². The van der Waals surface area contributed by atoms with E-state index in [4.69, 9.17) is 17.3 Å². The molecule has 1 heterocycles. The first-order valence-electron chi connectivity index (χ1n) is 4.73. The summed E-state index contributed by atoms with van der Waals surface area (Å²) in [5, 5.41) is 1.70. The molecule has 0 amide bonds. The molecule has 1 aromatic carbocycles. The van der Waals surface area contributed by atoms with Crippen LogP contribution in [0.1, 0.15) is 5.56 Å². The van der Waals surface area contributed by atoms with Crippen LogP contribution in [-0.4, -0.2) is 11.5 Å². The van der Waals surface area contributed by atoms with E-state index in [-0.39, 0.29) is 0 Å². The SMILES string of the molecule is NC/C=C/c1ccc(Cl)c2cccnc12. The highest BCUT2D eigenvalue weighted by atomic mass is 35.5. The Bertz CT molecular complexity index is 506. The minimum absolute atomic E-state index is 0.525. The molecule has 0 spiro atoms. The summed E-state index contributed by atoms with van der Waals surface area (Å²) in [4.78, 5) is 4.32. The molecule has 0 aliphatic heterocycles. The van der Waals surface area contributed by atoms with E-state index in [1.54, 1.807) is 6.20 Å². The highest BCUT2D eigenvalue weighted by Crippen LogP contribution is 2.25. The van der Waals surface area contributed by atoms with Crippen molar-refractivity contribution in [1.29, 1.82) is 0 Å². The quantitative estimate of drug-likeness (QED) is 0.842. The fourth-order valence-electron chi connectivity index (χ4n) is 1.49. The van der Waals surface area contributed by atoms with Crippen LogP contribution in [0.25, 0.3) is 17.0 Å². The largest absolute Gasteiger partial charge is 0.327 e. The topological polar surface area (TPSA) is 38.9 Å². The molecule has 0 atom stereocenters. The third-order valence-corrected chi connectivity index (χ3v) is 2.51. The number of benzene rings is 1. The number of fused-ring (bicyclic) bond motifs is 1. The van der Waals surface area contributed by atoms with Gasteiger partial charge in [0.25, 0.3) is 0 Å². The second kappa shape index (κ2) is 4.43. The van der Waals surface area contributed by atoms with Gasteiger partial charge in [0, 0.05) is 23.7 Å². The maximum Gasteiger partial charge on any atom is 0.0789 e. The van der Waals surface area contributed by atoms with Crippen LogP contribution in [0, 0.1) is 0 Å². The van der Waals surface area contributed by atoms with Crippen molar-refractivity contribution in [2.24, 2.45) is 5.73 Å². The maximum atomic E-state index is 6.07. The molecule has 0 fully saturated rings. The van der Waals surface area contributed by atoms with E-state index in [1.165, 1.54) is 0 Å². The van der Waals surface area contributed by atoms with Crippen molar-refractivity contribution in [2.75, 3.05) is 6.54 Å². The molecular weight excluding hydrogens is 208 g/mol. The first kappa shape index (κ1) is 10.1. The second-order valence-electron chi connectivity index (χ2n) is 3.17. The Labute approximate surface area is 93.4 Å². The van der Waals surface area contributed by atoms with E-state index >= 15 is 0 Å². The Morgan fingerprint density at radius 2 is 2.20 bits per heavy atom. The first-order valence-corrected chi connectivity index (χ1v) is 5.10. The summed E-state index contributed by atoms with van der Waals surface area (Å²) < 4.78 is 0. The van der Waals surface area contributed by atoms with Crippen LogP contribution in [0.5, 0.6) is 0 Å². The van der Waals surface area contributed by atoms with E-state index in [1.807, 2.05) is 36.4 Å². The normalized spacial score (nSPS) is 11.3. The summed E-state index contributed by atoms with van der Waals surface area (Å²) in [6, 6.07) is 7.67. The number of nitrogens with two attached hydrogens (primary N) is 1. The number of nitrogens with zero attached hydrogens (tertiary/aromatic N) is 1. The Morgan fingerprint density at radius 3 is 3.00 bits per heavy atom. The van der Waals surface area contributed by atoms with Crippen molar-refractivity contribution in [3.05, 3.63) is 47.1 Å². The fraction of sp³-hybridized carbons (Fsp3) is 0.0833. The molecular formula is C12H11ClN2. The lowest BCUT2D eigenvalue weighted by Gasteiger charge is -2.02. The standard InChI is InChI=1S/C12H11ClN2/c13-11-6-5-9(3-1-7-14)12-10(11)4-2-8-15-12/h1-6,8H,7,14H2/b3-1+.